The fourth-order valence-corrected chi connectivity index (χ4v) is 3.89. The van der Waals surface area contributed by atoms with Gasteiger partial charge in [-0.2, -0.15) is 4.98 Å². The van der Waals surface area contributed by atoms with Gasteiger partial charge in [0.15, 0.2) is 0 Å². The van der Waals surface area contributed by atoms with Crippen LogP contribution in [0.25, 0.3) is 11.4 Å². The average Bonchev–Trinajstić information content (AvgIpc) is 3.18. The van der Waals surface area contributed by atoms with Crippen molar-refractivity contribution in [1.29, 1.82) is 0 Å². The molecule has 2 heterocycles. The lowest BCUT2D eigenvalue weighted by Crippen LogP contribution is -2.38. The molecule has 5 nitrogen and oxygen atoms in total. The maximum atomic E-state index is 12.7. The summed E-state index contributed by atoms with van der Waals surface area (Å²) in [5, 5.41) is 4.14. The van der Waals surface area contributed by atoms with E-state index in [1.807, 2.05) is 60.4 Å². The lowest BCUT2D eigenvalue weighted by atomic mass is 9.96. The zero-order valence-corrected chi connectivity index (χ0v) is 16.6. The number of hydrogen-bond acceptors (Lipinski definition) is 4. The minimum atomic E-state index is 0.0619. The highest BCUT2D eigenvalue weighted by Crippen LogP contribution is 2.30. The Bertz CT molecular complexity index is 961. The van der Waals surface area contributed by atoms with E-state index in [9.17, 15) is 4.79 Å². The van der Waals surface area contributed by atoms with Crippen LogP contribution in [0.3, 0.4) is 0 Å². The number of halogens is 1. The van der Waals surface area contributed by atoms with Crippen LogP contribution in [0.1, 0.15) is 40.6 Å². The Labute approximate surface area is 166 Å². The van der Waals surface area contributed by atoms with Gasteiger partial charge in [0, 0.05) is 29.0 Å². The molecule has 0 bridgehead atoms. The highest BCUT2D eigenvalue weighted by molar-refractivity contribution is 9.10. The quantitative estimate of drug-likeness (QED) is 0.602. The maximum absolute atomic E-state index is 12.7. The van der Waals surface area contributed by atoms with Gasteiger partial charge >= 0.3 is 0 Å². The second-order valence-corrected chi connectivity index (χ2v) is 7.73. The molecule has 0 saturated carbocycles. The molecule has 2 aromatic carbocycles. The molecule has 0 N–H and O–H groups in total. The lowest BCUT2D eigenvalue weighted by Gasteiger charge is -2.30. The van der Waals surface area contributed by atoms with Crippen molar-refractivity contribution in [3.63, 3.8) is 0 Å². The van der Waals surface area contributed by atoms with E-state index in [-0.39, 0.29) is 11.8 Å². The molecule has 0 unspecified atom stereocenters. The molecule has 1 aliphatic heterocycles. The van der Waals surface area contributed by atoms with E-state index < -0.39 is 0 Å². The van der Waals surface area contributed by atoms with Crippen LogP contribution in [0.5, 0.6) is 0 Å². The van der Waals surface area contributed by atoms with Gasteiger partial charge in [-0.15, -0.1) is 0 Å². The van der Waals surface area contributed by atoms with Crippen LogP contribution < -0.4 is 0 Å². The molecular formula is C21H20BrN3O2. The SMILES string of the molecule is Cc1cccc(-c2noc(C3CCN(C(=O)c4ccccc4Br)CC3)n2)c1. The molecule has 1 saturated heterocycles. The fraction of sp³-hybridized carbons (Fsp3) is 0.286. The summed E-state index contributed by atoms with van der Waals surface area (Å²) in [5.41, 5.74) is 2.83. The first-order chi connectivity index (χ1) is 13.1. The van der Waals surface area contributed by atoms with E-state index in [0.29, 0.717) is 30.4 Å². The number of piperidine rings is 1. The summed E-state index contributed by atoms with van der Waals surface area (Å²) in [5.74, 6) is 1.55. The van der Waals surface area contributed by atoms with Gasteiger partial charge in [0.1, 0.15) is 0 Å². The molecule has 0 radical (unpaired) electrons. The number of benzene rings is 2. The number of carbonyl (C=O) groups excluding carboxylic acids is 1. The van der Waals surface area contributed by atoms with Gasteiger partial charge < -0.3 is 9.42 Å². The van der Waals surface area contributed by atoms with Crippen molar-refractivity contribution in [3.05, 3.63) is 70.0 Å². The smallest absolute Gasteiger partial charge is 0.254 e. The van der Waals surface area contributed by atoms with E-state index >= 15 is 0 Å². The van der Waals surface area contributed by atoms with Crippen LogP contribution in [0.2, 0.25) is 0 Å². The number of aromatic nitrogens is 2. The fourth-order valence-electron chi connectivity index (χ4n) is 3.44. The van der Waals surface area contributed by atoms with E-state index in [1.54, 1.807) is 0 Å². The third-order valence-electron chi connectivity index (χ3n) is 4.95. The van der Waals surface area contributed by atoms with Gasteiger partial charge in [0.25, 0.3) is 5.91 Å². The summed E-state index contributed by atoms with van der Waals surface area (Å²) in [6.45, 7) is 3.42. The summed E-state index contributed by atoms with van der Waals surface area (Å²) in [4.78, 5) is 19.2. The Kier molecular flexibility index (Phi) is 5.07. The van der Waals surface area contributed by atoms with Crippen molar-refractivity contribution >= 4 is 21.8 Å². The number of aryl methyl sites for hydroxylation is 1. The van der Waals surface area contributed by atoms with Crippen molar-refractivity contribution in [2.24, 2.45) is 0 Å². The molecule has 0 spiro atoms. The Hall–Kier alpha value is -2.47. The first-order valence-electron chi connectivity index (χ1n) is 9.06. The topological polar surface area (TPSA) is 59.2 Å². The summed E-state index contributed by atoms with van der Waals surface area (Å²) in [7, 11) is 0. The largest absolute Gasteiger partial charge is 0.339 e. The number of hydrogen-bond donors (Lipinski definition) is 0. The Balaban J connectivity index is 1.43. The Morgan fingerprint density at radius 1 is 1.15 bits per heavy atom. The lowest BCUT2D eigenvalue weighted by molar-refractivity contribution is 0.0703. The first kappa shape index (κ1) is 17.9. The molecule has 4 rings (SSSR count). The molecule has 0 aliphatic carbocycles. The van der Waals surface area contributed by atoms with E-state index in [1.165, 1.54) is 0 Å². The standard InChI is InChI=1S/C21H20BrN3O2/c1-14-5-4-6-16(13-14)19-23-20(27-24-19)15-9-11-25(12-10-15)21(26)17-7-2-3-8-18(17)22/h2-8,13,15H,9-12H2,1H3. The summed E-state index contributed by atoms with van der Waals surface area (Å²) >= 11 is 3.46. The molecular weight excluding hydrogens is 406 g/mol. The number of amides is 1. The predicted octanol–water partition coefficient (Wildman–Crippen LogP) is 4.83. The third kappa shape index (κ3) is 3.81. The third-order valence-corrected chi connectivity index (χ3v) is 5.65. The normalized spacial score (nSPS) is 15.1. The molecule has 0 atom stereocenters. The molecule has 1 amide bonds. The van der Waals surface area contributed by atoms with Gasteiger partial charge in [-0.3, -0.25) is 4.79 Å². The number of likely N-dealkylation sites (tertiary alicyclic amines) is 1. The highest BCUT2D eigenvalue weighted by Gasteiger charge is 2.28. The summed E-state index contributed by atoms with van der Waals surface area (Å²) in [6, 6.07) is 15.6. The average molecular weight is 426 g/mol. The summed E-state index contributed by atoms with van der Waals surface area (Å²) in [6.07, 6.45) is 1.65. The van der Waals surface area contributed by atoms with Gasteiger partial charge in [-0.25, -0.2) is 0 Å². The van der Waals surface area contributed by atoms with Crippen LogP contribution >= 0.6 is 15.9 Å². The van der Waals surface area contributed by atoms with Crippen LogP contribution in [-0.4, -0.2) is 34.0 Å². The molecule has 27 heavy (non-hydrogen) atoms. The molecule has 138 valence electrons. The number of rotatable bonds is 3. The zero-order valence-electron chi connectivity index (χ0n) is 15.1. The number of nitrogens with zero attached hydrogens (tertiary/aromatic N) is 3. The zero-order chi connectivity index (χ0) is 18.8. The Morgan fingerprint density at radius 3 is 2.67 bits per heavy atom. The summed E-state index contributed by atoms with van der Waals surface area (Å²) < 4.78 is 6.36. The minimum absolute atomic E-state index is 0.0619. The van der Waals surface area contributed by atoms with Gasteiger partial charge in [0.05, 0.1) is 5.56 Å². The van der Waals surface area contributed by atoms with Crippen molar-refractivity contribution in [2.45, 2.75) is 25.7 Å². The molecule has 1 aromatic heterocycles. The van der Waals surface area contributed by atoms with E-state index in [2.05, 4.69) is 26.1 Å². The maximum Gasteiger partial charge on any atom is 0.254 e. The van der Waals surface area contributed by atoms with Crippen molar-refractivity contribution in [1.82, 2.24) is 15.0 Å². The van der Waals surface area contributed by atoms with Gasteiger partial charge in [-0.05, 0) is 53.9 Å². The van der Waals surface area contributed by atoms with Crippen molar-refractivity contribution in [3.8, 4) is 11.4 Å². The molecule has 6 heteroatoms. The second kappa shape index (κ2) is 7.64. The Morgan fingerprint density at radius 2 is 1.93 bits per heavy atom. The van der Waals surface area contributed by atoms with Crippen LogP contribution in [0.4, 0.5) is 0 Å². The number of carbonyl (C=O) groups is 1. The van der Waals surface area contributed by atoms with Gasteiger partial charge in [0.2, 0.25) is 11.7 Å². The molecule has 1 aliphatic rings. The molecule has 3 aromatic rings. The molecule has 1 fully saturated rings. The monoisotopic (exact) mass is 425 g/mol. The second-order valence-electron chi connectivity index (χ2n) is 6.87. The van der Waals surface area contributed by atoms with Crippen LogP contribution in [0.15, 0.2) is 57.5 Å². The van der Waals surface area contributed by atoms with E-state index in [4.69, 9.17) is 4.52 Å². The van der Waals surface area contributed by atoms with Crippen LogP contribution in [-0.2, 0) is 0 Å². The van der Waals surface area contributed by atoms with Gasteiger partial charge in [-0.1, -0.05) is 41.1 Å². The minimum Gasteiger partial charge on any atom is -0.339 e. The van der Waals surface area contributed by atoms with Crippen molar-refractivity contribution in [2.75, 3.05) is 13.1 Å². The van der Waals surface area contributed by atoms with E-state index in [0.717, 1.165) is 28.4 Å². The predicted molar refractivity (Wildman–Crippen MR) is 106 cm³/mol. The first-order valence-corrected chi connectivity index (χ1v) is 9.85. The van der Waals surface area contributed by atoms with Crippen LogP contribution in [0, 0.1) is 6.92 Å². The van der Waals surface area contributed by atoms with Crippen molar-refractivity contribution < 1.29 is 9.32 Å². The highest BCUT2D eigenvalue weighted by atomic mass is 79.9.